The van der Waals surface area contributed by atoms with Crippen LogP contribution in [0.5, 0.6) is 0 Å². The van der Waals surface area contributed by atoms with Gasteiger partial charge in [-0.25, -0.2) is 0 Å². The SMILES string of the molecule is OP(O)(c1ccccc1-c1ccccc1)(C1CCCCC1)C1CCCCC1. The molecule has 0 heterocycles. The Labute approximate surface area is 163 Å². The summed E-state index contributed by atoms with van der Waals surface area (Å²) in [5, 5.41) is 0.855. The van der Waals surface area contributed by atoms with Crippen LogP contribution in [0.2, 0.25) is 0 Å². The molecule has 27 heavy (non-hydrogen) atoms. The number of hydrogen-bond acceptors (Lipinski definition) is 2. The van der Waals surface area contributed by atoms with Crippen LogP contribution in [0.3, 0.4) is 0 Å². The van der Waals surface area contributed by atoms with Gasteiger partial charge in [-0.05, 0) is 0 Å². The van der Waals surface area contributed by atoms with E-state index in [9.17, 15) is 9.79 Å². The first-order valence-corrected chi connectivity index (χ1v) is 13.0. The average molecular weight is 385 g/mol. The molecular weight excluding hydrogens is 351 g/mol. The molecule has 0 saturated heterocycles. The molecule has 2 nitrogen and oxygen atoms in total. The Hall–Kier alpha value is -1.21. The van der Waals surface area contributed by atoms with E-state index >= 15 is 0 Å². The zero-order valence-corrected chi connectivity index (χ0v) is 17.2. The van der Waals surface area contributed by atoms with Crippen molar-refractivity contribution >= 4 is 12.4 Å². The quantitative estimate of drug-likeness (QED) is 0.634. The van der Waals surface area contributed by atoms with Crippen molar-refractivity contribution in [1.29, 1.82) is 0 Å². The minimum absolute atomic E-state index is 0.0395. The summed E-state index contributed by atoms with van der Waals surface area (Å²) in [4.78, 5) is 25.1. The molecule has 2 aliphatic rings. The second kappa shape index (κ2) is 7.66. The fraction of sp³-hybridized carbons (Fsp3) is 0.500. The van der Waals surface area contributed by atoms with Gasteiger partial charge in [0.1, 0.15) is 0 Å². The van der Waals surface area contributed by atoms with Crippen LogP contribution in [0.25, 0.3) is 11.1 Å². The molecule has 2 aromatic rings. The zero-order chi connectivity index (χ0) is 18.8. The van der Waals surface area contributed by atoms with Crippen LogP contribution in [-0.2, 0) is 0 Å². The Morgan fingerprint density at radius 3 is 1.63 bits per heavy atom. The molecule has 2 fully saturated rings. The molecule has 2 saturated carbocycles. The summed E-state index contributed by atoms with van der Waals surface area (Å²) in [6.45, 7) is 0. The topological polar surface area (TPSA) is 40.5 Å². The van der Waals surface area contributed by atoms with Gasteiger partial charge in [0.25, 0.3) is 0 Å². The number of benzene rings is 2. The van der Waals surface area contributed by atoms with Crippen molar-refractivity contribution in [3.05, 3.63) is 54.6 Å². The van der Waals surface area contributed by atoms with Crippen LogP contribution in [0, 0.1) is 0 Å². The predicted octanol–water partition coefficient (Wildman–Crippen LogP) is 6.01. The maximum absolute atomic E-state index is 12.5. The first-order valence-electron chi connectivity index (χ1n) is 10.8. The van der Waals surface area contributed by atoms with Crippen LogP contribution in [0.4, 0.5) is 0 Å². The first kappa shape index (κ1) is 19.1. The van der Waals surface area contributed by atoms with E-state index in [2.05, 4.69) is 18.2 Å². The van der Waals surface area contributed by atoms with E-state index in [1.807, 2.05) is 36.4 Å². The summed E-state index contributed by atoms with van der Waals surface area (Å²) in [7, 11) is -4.06. The van der Waals surface area contributed by atoms with E-state index in [0.29, 0.717) is 0 Å². The number of hydrogen-bond donors (Lipinski definition) is 2. The van der Waals surface area contributed by atoms with Crippen molar-refractivity contribution in [2.24, 2.45) is 0 Å². The van der Waals surface area contributed by atoms with Crippen LogP contribution in [-0.4, -0.2) is 21.1 Å². The fourth-order valence-corrected chi connectivity index (χ4v) is 10.8. The van der Waals surface area contributed by atoms with Gasteiger partial charge >= 0.3 is 163 Å². The Bertz CT molecular complexity index is 737. The monoisotopic (exact) mass is 384 g/mol. The van der Waals surface area contributed by atoms with E-state index in [1.54, 1.807) is 0 Å². The van der Waals surface area contributed by atoms with Gasteiger partial charge < -0.3 is 0 Å². The van der Waals surface area contributed by atoms with E-state index < -0.39 is 7.06 Å². The van der Waals surface area contributed by atoms with Crippen LogP contribution in [0.1, 0.15) is 64.2 Å². The molecule has 0 radical (unpaired) electrons. The predicted molar refractivity (Wildman–Crippen MR) is 117 cm³/mol. The zero-order valence-electron chi connectivity index (χ0n) is 16.3. The van der Waals surface area contributed by atoms with E-state index in [0.717, 1.165) is 67.8 Å². The second-order valence-corrected chi connectivity index (χ2v) is 12.9. The summed E-state index contributed by atoms with van der Waals surface area (Å²) < 4.78 is 0. The minimum atomic E-state index is -4.06. The Kier molecular flexibility index (Phi) is 5.43. The standard InChI is InChI=1S/C24H33O2P/c25-27(26,21-14-6-2-7-15-21,22-16-8-3-9-17-22)24-19-11-10-18-23(24)20-12-4-1-5-13-20/h1,4-5,10-13,18-19,21-22,25-26H,2-3,6-9,14-17H2. The third-order valence-corrected chi connectivity index (χ3v) is 12.4. The van der Waals surface area contributed by atoms with E-state index in [1.165, 1.54) is 12.8 Å². The molecule has 4 rings (SSSR count). The molecule has 2 N–H and O–H groups in total. The molecule has 2 aromatic carbocycles. The normalized spacial score (nSPS) is 21.5. The van der Waals surface area contributed by atoms with Crippen molar-refractivity contribution in [3.8, 4) is 11.1 Å². The summed E-state index contributed by atoms with van der Waals surface area (Å²) in [6, 6.07) is 18.4. The summed E-state index contributed by atoms with van der Waals surface area (Å²) >= 11 is 0. The molecule has 146 valence electrons. The van der Waals surface area contributed by atoms with Crippen LogP contribution in [0.15, 0.2) is 54.6 Å². The van der Waals surface area contributed by atoms with Gasteiger partial charge in [0.2, 0.25) is 0 Å². The molecular formula is C24H33O2P. The van der Waals surface area contributed by atoms with Gasteiger partial charge in [-0.2, -0.15) is 0 Å². The molecule has 2 aliphatic carbocycles. The molecule has 0 atom stereocenters. The van der Waals surface area contributed by atoms with Crippen molar-refractivity contribution in [1.82, 2.24) is 0 Å². The van der Waals surface area contributed by atoms with Crippen molar-refractivity contribution < 1.29 is 9.79 Å². The molecule has 0 aliphatic heterocycles. The van der Waals surface area contributed by atoms with E-state index in [-0.39, 0.29) is 11.3 Å². The molecule has 0 aromatic heterocycles. The van der Waals surface area contributed by atoms with Gasteiger partial charge in [0, 0.05) is 0 Å². The van der Waals surface area contributed by atoms with Gasteiger partial charge in [-0.15, -0.1) is 0 Å². The van der Waals surface area contributed by atoms with Crippen LogP contribution < -0.4 is 5.30 Å². The van der Waals surface area contributed by atoms with Gasteiger partial charge in [0.15, 0.2) is 0 Å². The second-order valence-electron chi connectivity index (χ2n) is 8.63. The first-order chi connectivity index (χ1) is 13.1. The summed E-state index contributed by atoms with van der Waals surface area (Å²) in [6.07, 6.45) is 10.8. The maximum atomic E-state index is 12.5. The molecule has 0 amide bonds. The Morgan fingerprint density at radius 1 is 0.593 bits per heavy atom. The average Bonchev–Trinajstić information content (AvgIpc) is 2.76. The van der Waals surface area contributed by atoms with Gasteiger partial charge in [-0.1, -0.05) is 0 Å². The van der Waals surface area contributed by atoms with Crippen molar-refractivity contribution in [2.75, 3.05) is 0 Å². The van der Waals surface area contributed by atoms with E-state index in [4.69, 9.17) is 0 Å². The molecule has 3 heteroatoms. The molecule has 0 unspecified atom stereocenters. The van der Waals surface area contributed by atoms with Crippen molar-refractivity contribution in [2.45, 2.75) is 75.5 Å². The molecule has 0 bridgehead atoms. The Balaban J connectivity index is 1.89. The third-order valence-electron chi connectivity index (χ3n) is 7.07. The Morgan fingerprint density at radius 2 is 1.07 bits per heavy atom. The third kappa shape index (κ3) is 3.37. The van der Waals surface area contributed by atoms with Crippen LogP contribution >= 0.6 is 7.06 Å². The van der Waals surface area contributed by atoms with Crippen molar-refractivity contribution in [3.63, 3.8) is 0 Å². The summed E-state index contributed by atoms with van der Waals surface area (Å²) in [5.74, 6) is 0. The summed E-state index contributed by atoms with van der Waals surface area (Å²) in [5.41, 5.74) is 2.20. The van der Waals surface area contributed by atoms with Gasteiger partial charge in [0.05, 0.1) is 0 Å². The van der Waals surface area contributed by atoms with Gasteiger partial charge in [-0.3, -0.25) is 0 Å². The molecule has 0 spiro atoms. The fourth-order valence-electron chi connectivity index (χ4n) is 5.61. The number of rotatable bonds is 4.